The molecule has 3 heteroatoms. The molecule has 2 rings (SSSR count). The summed E-state index contributed by atoms with van der Waals surface area (Å²) in [4.78, 5) is 0. The highest BCUT2D eigenvalue weighted by molar-refractivity contribution is 9.08. The Morgan fingerprint density at radius 1 is 0.950 bits per heavy atom. The fourth-order valence-electron chi connectivity index (χ4n) is 2.58. The third kappa shape index (κ3) is 2.95. The van der Waals surface area contributed by atoms with E-state index in [2.05, 4.69) is 59.3 Å². The van der Waals surface area contributed by atoms with Crippen molar-refractivity contribution < 1.29 is 0 Å². The maximum Gasteiger partial charge on any atom is 0.0283 e. The van der Waals surface area contributed by atoms with E-state index in [0.717, 1.165) is 11.8 Å². The van der Waals surface area contributed by atoms with E-state index in [0.29, 0.717) is 13.1 Å². The molecular weight excluding hydrogens is 312 g/mol. The number of halogens is 1. The van der Waals surface area contributed by atoms with Crippen LogP contribution in [0.4, 0.5) is 0 Å². The molecule has 0 saturated carbocycles. The van der Waals surface area contributed by atoms with E-state index in [1.54, 1.807) is 0 Å². The average Bonchev–Trinajstić information content (AvgIpc) is 2.53. The van der Waals surface area contributed by atoms with Gasteiger partial charge in [-0.05, 0) is 45.9 Å². The van der Waals surface area contributed by atoms with Crippen LogP contribution in [0.3, 0.4) is 0 Å². The summed E-state index contributed by atoms with van der Waals surface area (Å²) in [5, 5.41) is 0.844. The van der Waals surface area contributed by atoms with Crippen LogP contribution in [0.5, 0.6) is 0 Å². The van der Waals surface area contributed by atoms with Gasteiger partial charge in [0.2, 0.25) is 0 Å². The Balaban J connectivity index is 2.72. The summed E-state index contributed by atoms with van der Waals surface area (Å²) in [6.07, 6.45) is 0.992. The molecule has 20 heavy (non-hydrogen) atoms. The van der Waals surface area contributed by atoms with Gasteiger partial charge in [-0.3, -0.25) is 0 Å². The summed E-state index contributed by atoms with van der Waals surface area (Å²) in [5.41, 5.74) is 19.3. The molecule has 0 aliphatic heterocycles. The number of nitrogens with two attached hydrogens (primary N) is 2. The summed E-state index contributed by atoms with van der Waals surface area (Å²) in [5.74, 6) is 0. The molecule has 0 unspecified atom stereocenters. The molecule has 2 nitrogen and oxygen atoms in total. The van der Waals surface area contributed by atoms with Gasteiger partial charge in [0.05, 0.1) is 0 Å². The summed E-state index contributed by atoms with van der Waals surface area (Å²) < 4.78 is 0. The Morgan fingerprint density at radius 3 is 2.25 bits per heavy atom. The van der Waals surface area contributed by atoms with E-state index >= 15 is 0 Å². The number of aryl methyl sites for hydroxylation is 1. The molecule has 0 bridgehead atoms. The number of hydrogen-bond acceptors (Lipinski definition) is 2. The second kappa shape index (κ2) is 7.02. The van der Waals surface area contributed by atoms with Crippen molar-refractivity contribution in [3.05, 3.63) is 58.7 Å². The van der Waals surface area contributed by atoms with Crippen LogP contribution in [0.15, 0.2) is 36.4 Å². The molecule has 0 spiro atoms. The van der Waals surface area contributed by atoms with Crippen LogP contribution in [-0.2, 0) is 24.8 Å². The minimum absolute atomic E-state index is 0.542. The van der Waals surface area contributed by atoms with Crippen molar-refractivity contribution >= 4 is 15.9 Å². The zero-order valence-electron chi connectivity index (χ0n) is 11.8. The normalized spacial score (nSPS) is 10.8. The predicted molar refractivity (Wildman–Crippen MR) is 89.7 cm³/mol. The lowest BCUT2D eigenvalue weighted by Gasteiger charge is -2.17. The molecule has 4 N–H and O–H groups in total. The Hall–Kier alpha value is -1.16. The molecule has 0 aliphatic rings. The van der Waals surface area contributed by atoms with Crippen LogP contribution >= 0.6 is 15.9 Å². The number of rotatable bonds is 5. The minimum atomic E-state index is 0.542. The van der Waals surface area contributed by atoms with Crippen LogP contribution in [0.25, 0.3) is 11.1 Å². The third-order valence-corrected chi connectivity index (χ3v) is 4.30. The molecule has 106 valence electrons. The molecule has 0 fully saturated rings. The lowest BCUT2D eigenvalue weighted by molar-refractivity contribution is 1.03. The molecule has 0 radical (unpaired) electrons. The topological polar surface area (TPSA) is 52.0 Å². The SMILES string of the molecule is CCc1cccc(CN)c1-c1cc(CBr)ccc1CN. The second-order valence-electron chi connectivity index (χ2n) is 4.84. The molecule has 2 aromatic rings. The van der Waals surface area contributed by atoms with Crippen LogP contribution in [0, 0.1) is 0 Å². The van der Waals surface area contributed by atoms with Gasteiger partial charge >= 0.3 is 0 Å². The van der Waals surface area contributed by atoms with E-state index in [1.807, 2.05) is 0 Å². The third-order valence-electron chi connectivity index (χ3n) is 3.66. The highest BCUT2D eigenvalue weighted by atomic mass is 79.9. The van der Waals surface area contributed by atoms with Gasteiger partial charge in [0, 0.05) is 18.4 Å². The van der Waals surface area contributed by atoms with Crippen LogP contribution in [-0.4, -0.2) is 0 Å². The molecule has 0 heterocycles. The van der Waals surface area contributed by atoms with Crippen molar-refractivity contribution in [2.75, 3.05) is 0 Å². The zero-order valence-corrected chi connectivity index (χ0v) is 13.4. The zero-order chi connectivity index (χ0) is 14.5. The minimum Gasteiger partial charge on any atom is -0.326 e. The molecule has 0 saturated heterocycles. The van der Waals surface area contributed by atoms with Gasteiger partial charge in [0.15, 0.2) is 0 Å². The summed E-state index contributed by atoms with van der Waals surface area (Å²) >= 11 is 3.53. The number of alkyl halides is 1. The van der Waals surface area contributed by atoms with E-state index < -0.39 is 0 Å². The Morgan fingerprint density at radius 2 is 1.65 bits per heavy atom. The van der Waals surface area contributed by atoms with Crippen molar-refractivity contribution in [1.29, 1.82) is 0 Å². The second-order valence-corrected chi connectivity index (χ2v) is 5.40. The van der Waals surface area contributed by atoms with Gasteiger partial charge in [-0.2, -0.15) is 0 Å². The molecule has 0 amide bonds. The van der Waals surface area contributed by atoms with Gasteiger partial charge in [-0.15, -0.1) is 0 Å². The lowest BCUT2D eigenvalue weighted by atomic mass is 9.89. The van der Waals surface area contributed by atoms with Crippen LogP contribution in [0.1, 0.15) is 29.2 Å². The van der Waals surface area contributed by atoms with Crippen LogP contribution in [0.2, 0.25) is 0 Å². The maximum absolute atomic E-state index is 5.93. The first-order chi connectivity index (χ1) is 9.74. The van der Waals surface area contributed by atoms with Crippen molar-refractivity contribution in [2.24, 2.45) is 11.5 Å². The van der Waals surface area contributed by atoms with Crippen molar-refractivity contribution in [3.8, 4) is 11.1 Å². The first-order valence-corrected chi connectivity index (χ1v) is 8.06. The average molecular weight is 333 g/mol. The lowest BCUT2D eigenvalue weighted by Crippen LogP contribution is -2.05. The highest BCUT2D eigenvalue weighted by Crippen LogP contribution is 2.32. The van der Waals surface area contributed by atoms with Crippen LogP contribution < -0.4 is 11.5 Å². The van der Waals surface area contributed by atoms with E-state index in [-0.39, 0.29) is 0 Å². The summed E-state index contributed by atoms with van der Waals surface area (Å²) in [6.45, 7) is 3.27. The van der Waals surface area contributed by atoms with E-state index in [4.69, 9.17) is 11.5 Å². The van der Waals surface area contributed by atoms with Crippen molar-refractivity contribution in [3.63, 3.8) is 0 Å². The van der Waals surface area contributed by atoms with Crippen molar-refractivity contribution in [1.82, 2.24) is 0 Å². The number of benzene rings is 2. The molecular formula is C17H21BrN2. The summed E-state index contributed by atoms with van der Waals surface area (Å²) in [6, 6.07) is 12.8. The Bertz CT molecular complexity index is 571. The molecule has 2 aromatic carbocycles. The molecule has 0 aliphatic carbocycles. The first kappa shape index (κ1) is 15.2. The van der Waals surface area contributed by atoms with Gasteiger partial charge in [-0.1, -0.05) is 53.2 Å². The Labute approximate surface area is 129 Å². The standard InChI is InChI=1S/C17H21BrN2/c1-2-13-4-3-5-15(11-20)17(13)16-8-12(9-18)6-7-14(16)10-19/h3-8H,2,9-11,19-20H2,1H3. The van der Waals surface area contributed by atoms with Gasteiger partial charge < -0.3 is 11.5 Å². The quantitative estimate of drug-likeness (QED) is 0.819. The van der Waals surface area contributed by atoms with Gasteiger partial charge in [0.1, 0.15) is 0 Å². The van der Waals surface area contributed by atoms with Gasteiger partial charge in [-0.25, -0.2) is 0 Å². The Kier molecular flexibility index (Phi) is 5.35. The number of hydrogen-bond donors (Lipinski definition) is 2. The van der Waals surface area contributed by atoms with E-state index in [1.165, 1.54) is 33.4 Å². The summed E-state index contributed by atoms with van der Waals surface area (Å²) in [7, 11) is 0. The van der Waals surface area contributed by atoms with Gasteiger partial charge in [0.25, 0.3) is 0 Å². The fourth-order valence-corrected chi connectivity index (χ4v) is 2.93. The molecule has 0 aromatic heterocycles. The predicted octanol–water partition coefficient (Wildman–Crippen LogP) is 3.73. The largest absolute Gasteiger partial charge is 0.326 e. The maximum atomic E-state index is 5.93. The van der Waals surface area contributed by atoms with E-state index in [9.17, 15) is 0 Å². The highest BCUT2D eigenvalue weighted by Gasteiger charge is 2.12. The monoisotopic (exact) mass is 332 g/mol. The first-order valence-electron chi connectivity index (χ1n) is 6.94. The molecule has 0 atom stereocenters. The fraction of sp³-hybridized carbons (Fsp3) is 0.294. The van der Waals surface area contributed by atoms with Crippen molar-refractivity contribution in [2.45, 2.75) is 31.8 Å². The smallest absolute Gasteiger partial charge is 0.0283 e.